The molecule has 0 N–H and O–H groups in total. The molecule has 234 valence electrons. The minimum absolute atomic E-state index is 0.956. The summed E-state index contributed by atoms with van der Waals surface area (Å²) in [4.78, 5) is 7.34. The SMILES string of the molecule is c1ccc(-c2ccc(N3c4ccccc4-c4c(n(-c5cccc(-c6cccc7ccccc67)c5)c5ccccc45)-c4ccccc43)cn2)cc1. The largest absolute Gasteiger partial charge is 0.309 e. The highest BCUT2D eigenvalue weighted by Crippen LogP contribution is 2.54. The zero-order valence-corrected chi connectivity index (χ0v) is 27.2. The molecule has 0 aliphatic carbocycles. The normalized spacial score (nSPS) is 12.0. The molecule has 0 saturated carbocycles. The van der Waals surface area contributed by atoms with Crippen LogP contribution in [-0.2, 0) is 0 Å². The molecule has 0 spiro atoms. The Hall–Kier alpha value is -6.71. The molecule has 0 unspecified atom stereocenters. The van der Waals surface area contributed by atoms with Gasteiger partial charge in [0.25, 0.3) is 0 Å². The van der Waals surface area contributed by atoms with Crippen molar-refractivity contribution in [2.45, 2.75) is 0 Å². The average molecular weight is 638 g/mol. The molecule has 3 heteroatoms. The quantitative estimate of drug-likeness (QED) is 0.191. The summed E-state index contributed by atoms with van der Waals surface area (Å²) in [5.74, 6) is 0. The zero-order chi connectivity index (χ0) is 33.0. The highest BCUT2D eigenvalue weighted by molar-refractivity contribution is 6.13. The Labute approximate surface area is 291 Å². The predicted molar refractivity (Wildman–Crippen MR) is 209 cm³/mol. The maximum absolute atomic E-state index is 4.97. The summed E-state index contributed by atoms with van der Waals surface area (Å²) in [5.41, 5.74) is 14.8. The Kier molecular flexibility index (Phi) is 6.49. The van der Waals surface area contributed by atoms with Gasteiger partial charge in [0.15, 0.2) is 0 Å². The molecule has 7 aromatic carbocycles. The van der Waals surface area contributed by atoms with Crippen molar-refractivity contribution < 1.29 is 0 Å². The summed E-state index contributed by atoms with van der Waals surface area (Å²) in [6.07, 6.45) is 2.01. The van der Waals surface area contributed by atoms with Gasteiger partial charge in [-0.3, -0.25) is 4.98 Å². The fourth-order valence-corrected chi connectivity index (χ4v) is 7.78. The van der Waals surface area contributed by atoms with E-state index < -0.39 is 0 Å². The number of rotatable bonds is 4. The lowest BCUT2D eigenvalue weighted by atomic mass is 9.97. The number of fused-ring (bicyclic) bond motifs is 8. The molecule has 0 atom stereocenters. The number of benzene rings is 7. The molecule has 1 aliphatic rings. The van der Waals surface area contributed by atoms with Gasteiger partial charge in [-0.15, -0.1) is 0 Å². The first-order valence-electron chi connectivity index (χ1n) is 17.1. The average Bonchev–Trinajstić information content (AvgIpc) is 3.47. The highest BCUT2D eigenvalue weighted by atomic mass is 15.2. The number of pyridine rings is 1. The molecule has 50 heavy (non-hydrogen) atoms. The van der Waals surface area contributed by atoms with Gasteiger partial charge in [0.2, 0.25) is 0 Å². The van der Waals surface area contributed by atoms with Crippen molar-refractivity contribution in [3.05, 3.63) is 188 Å². The van der Waals surface area contributed by atoms with Crippen LogP contribution in [0.2, 0.25) is 0 Å². The third-order valence-electron chi connectivity index (χ3n) is 9.97. The maximum Gasteiger partial charge on any atom is 0.0703 e. The minimum atomic E-state index is 0.956. The lowest BCUT2D eigenvalue weighted by molar-refractivity contribution is 1.13. The van der Waals surface area contributed by atoms with Crippen LogP contribution < -0.4 is 4.90 Å². The van der Waals surface area contributed by atoms with Gasteiger partial charge in [0, 0.05) is 33.3 Å². The van der Waals surface area contributed by atoms with Gasteiger partial charge < -0.3 is 9.47 Å². The van der Waals surface area contributed by atoms with Gasteiger partial charge >= 0.3 is 0 Å². The lowest BCUT2D eigenvalue weighted by Crippen LogP contribution is -2.11. The van der Waals surface area contributed by atoms with Crippen LogP contribution in [0.5, 0.6) is 0 Å². The van der Waals surface area contributed by atoms with Crippen molar-refractivity contribution in [3.63, 3.8) is 0 Å². The first kappa shape index (κ1) is 28.3. The van der Waals surface area contributed by atoms with Crippen LogP contribution in [0.4, 0.5) is 17.1 Å². The van der Waals surface area contributed by atoms with E-state index in [1.165, 1.54) is 49.6 Å². The summed E-state index contributed by atoms with van der Waals surface area (Å²) in [5, 5.41) is 3.72. The second-order valence-corrected chi connectivity index (χ2v) is 12.8. The second-order valence-electron chi connectivity index (χ2n) is 12.8. The molecule has 0 saturated heterocycles. The standard InChI is InChI=1S/C47H31N3/c1-2-15-33(16-3-1)42-29-28-36(31-48-42)49-43-25-9-6-21-39(43)46-40-22-7-10-26-44(40)50(47(46)41-23-8-11-27-45(41)49)35-19-12-18-34(30-35)38-24-13-17-32-14-4-5-20-37(32)38/h1-31H. The number of nitrogens with zero attached hydrogens (tertiary/aromatic N) is 3. The van der Waals surface area contributed by atoms with E-state index >= 15 is 0 Å². The van der Waals surface area contributed by atoms with Crippen molar-refractivity contribution in [3.8, 4) is 50.5 Å². The Morgan fingerprint density at radius 2 is 1.06 bits per heavy atom. The van der Waals surface area contributed by atoms with Crippen LogP contribution in [-0.4, -0.2) is 9.55 Å². The van der Waals surface area contributed by atoms with Crippen LogP contribution in [0.15, 0.2) is 188 Å². The first-order valence-corrected chi connectivity index (χ1v) is 17.1. The van der Waals surface area contributed by atoms with Crippen molar-refractivity contribution in [1.82, 2.24) is 9.55 Å². The van der Waals surface area contributed by atoms with Gasteiger partial charge in [0.1, 0.15) is 0 Å². The highest BCUT2D eigenvalue weighted by Gasteiger charge is 2.31. The Balaban J connectivity index is 1.23. The summed E-state index contributed by atoms with van der Waals surface area (Å²) in [6.45, 7) is 0. The molecule has 0 bridgehead atoms. The fourth-order valence-electron chi connectivity index (χ4n) is 7.78. The summed E-state index contributed by atoms with van der Waals surface area (Å²) >= 11 is 0. The van der Waals surface area contributed by atoms with Crippen LogP contribution >= 0.6 is 0 Å². The smallest absolute Gasteiger partial charge is 0.0703 e. The van der Waals surface area contributed by atoms with Crippen LogP contribution in [0, 0.1) is 0 Å². The van der Waals surface area contributed by atoms with E-state index in [1.807, 2.05) is 12.3 Å². The topological polar surface area (TPSA) is 21.1 Å². The van der Waals surface area contributed by atoms with Gasteiger partial charge in [0.05, 0.1) is 40.2 Å². The van der Waals surface area contributed by atoms with Gasteiger partial charge in [-0.25, -0.2) is 0 Å². The molecular formula is C47H31N3. The van der Waals surface area contributed by atoms with E-state index in [4.69, 9.17) is 4.98 Å². The fraction of sp³-hybridized carbons (Fsp3) is 0. The lowest BCUT2D eigenvalue weighted by Gasteiger charge is -2.27. The number of para-hydroxylation sites is 3. The molecule has 0 fully saturated rings. The number of anilines is 3. The predicted octanol–water partition coefficient (Wildman–Crippen LogP) is 12.6. The summed E-state index contributed by atoms with van der Waals surface area (Å²) in [7, 11) is 0. The summed E-state index contributed by atoms with van der Waals surface area (Å²) in [6, 6.07) is 65.3. The van der Waals surface area contributed by atoms with Gasteiger partial charge in [-0.1, -0.05) is 140 Å². The summed E-state index contributed by atoms with van der Waals surface area (Å²) < 4.78 is 2.47. The zero-order valence-electron chi connectivity index (χ0n) is 27.2. The Morgan fingerprint density at radius 3 is 1.90 bits per heavy atom. The Bertz CT molecular complexity index is 2700. The number of aromatic nitrogens is 2. The van der Waals surface area contributed by atoms with Gasteiger partial charge in [-0.2, -0.15) is 0 Å². The minimum Gasteiger partial charge on any atom is -0.309 e. The van der Waals surface area contributed by atoms with E-state index in [0.717, 1.165) is 39.6 Å². The molecular weight excluding hydrogens is 607 g/mol. The molecule has 2 aromatic heterocycles. The van der Waals surface area contributed by atoms with Crippen molar-refractivity contribution in [2.24, 2.45) is 0 Å². The molecule has 10 rings (SSSR count). The van der Waals surface area contributed by atoms with E-state index in [9.17, 15) is 0 Å². The monoisotopic (exact) mass is 637 g/mol. The molecule has 3 nitrogen and oxygen atoms in total. The molecule has 9 aromatic rings. The second kappa shape index (κ2) is 11.5. The maximum atomic E-state index is 4.97. The van der Waals surface area contributed by atoms with E-state index in [-0.39, 0.29) is 0 Å². The van der Waals surface area contributed by atoms with Crippen LogP contribution in [0.3, 0.4) is 0 Å². The van der Waals surface area contributed by atoms with Crippen molar-refractivity contribution in [2.75, 3.05) is 4.90 Å². The number of hydrogen-bond donors (Lipinski definition) is 0. The first-order chi connectivity index (χ1) is 24.8. The molecule has 0 amide bonds. The van der Waals surface area contributed by atoms with Crippen LogP contribution in [0.25, 0.3) is 72.1 Å². The molecule has 1 aliphatic heterocycles. The third-order valence-corrected chi connectivity index (χ3v) is 9.97. The third kappa shape index (κ3) is 4.41. The van der Waals surface area contributed by atoms with Crippen molar-refractivity contribution in [1.29, 1.82) is 0 Å². The van der Waals surface area contributed by atoms with Crippen LogP contribution in [0.1, 0.15) is 0 Å². The van der Waals surface area contributed by atoms with E-state index in [0.29, 0.717) is 0 Å². The molecule has 3 heterocycles. The molecule has 0 radical (unpaired) electrons. The number of hydrogen-bond acceptors (Lipinski definition) is 2. The van der Waals surface area contributed by atoms with E-state index in [2.05, 4.69) is 185 Å². The Morgan fingerprint density at radius 1 is 0.420 bits per heavy atom. The van der Waals surface area contributed by atoms with Crippen molar-refractivity contribution >= 4 is 38.7 Å². The van der Waals surface area contributed by atoms with Gasteiger partial charge in [-0.05, 0) is 64.4 Å². The van der Waals surface area contributed by atoms with E-state index in [1.54, 1.807) is 0 Å².